The Morgan fingerprint density at radius 2 is 1.96 bits per heavy atom. The number of hydrogen-bond donors (Lipinski definition) is 1. The van der Waals surface area contributed by atoms with Crippen molar-refractivity contribution in [2.45, 2.75) is 23.9 Å². The summed E-state index contributed by atoms with van der Waals surface area (Å²) in [4.78, 5) is 22.7. The van der Waals surface area contributed by atoms with Crippen molar-refractivity contribution in [1.82, 2.24) is 25.0 Å². The number of thiophene rings is 1. The number of carbonyl (C=O) groups is 1. The Morgan fingerprint density at radius 3 is 2.68 bits per heavy atom. The molecule has 1 N–H and O–H groups in total. The third-order valence-electron chi connectivity index (χ3n) is 4.78. The number of benzene rings is 1. The van der Waals surface area contributed by atoms with E-state index in [-0.39, 0.29) is 11.2 Å². The average Bonchev–Trinajstić information content (AvgIpc) is 3.40. The van der Waals surface area contributed by atoms with Crippen LogP contribution in [-0.4, -0.2) is 62.3 Å². The second kappa shape index (κ2) is 8.89. The van der Waals surface area contributed by atoms with Crippen molar-refractivity contribution in [1.29, 1.82) is 0 Å². The van der Waals surface area contributed by atoms with E-state index in [0.29, 0.717) is 5.16 Å². The zero-order chi connectivity index (χ0) is 19.3. The van der Waals surface area contributed by atoms with Crippen LogP contribution in [0.15, 0.2) is 53.0 Å². The maximum atomic E-state index is 12.8. The smallest absolute Gasteiger partial charge is 0.235 e. The third kappa shape index (κ3) is 4.63. The molecule has 1 fully saturated rings. The van der Waals surface area contributed by atoms with Gasteiger partial charge in [0.25, 0.3) is 0 Å². The van der Waals surface area contributed by atoms with Crippen molar-refractivity contribution < 1.29 is 4.79 Å². The third-order valence-corrected chi connectivity index (χ3v) is 6.61. The normalized spacial score (nSPS) is 16.2. The summed E-state index contributed by atoms with van der Waals surface area (Å²) in [6.07, 6.45) is 0. The van der Waals surface area contributed by atoms with E-state index >= 15 is 0 Å². The Bertz CT molecular complexity index is 888. The molecule has 1 amide bonds. The highest BCUT2D eigenvalue weighted by Crippen LogP contribution is 2.26. The number of rotatable bonds is 6. The first-order chi connectivity index (χ1) is 13.7. The van der Waals surface area contributed by atoms with Crippen molar-refractivity contribution >= 4 is 29.0 Å². The highest BCUT2D eigenvalue weighted by Gasteiger charge is 2.26. The lowest BCUT2D eigenvalue weighted by Crippen LogP contribution is -2.50. The van der Waals surface area contributed by atoms with Crippen LogP contribution >= 0.6 is 23.1 Å². The number of nitrogens with zero attached hydrogens (tertiary/aromatic N) is 4. The number of thioether (sulfide) groups is 1. The summed E-state index contributed by atoms with van der Waals surface area (Å²) < 4.78 is 0. The summed E-state index contributed by atoms with van der Waals surface area (Å²) in [6.45, 7) is 6.22. The maximum absolute atomic E-state index is 12.8. The van der Waals surface area contributed by atoms with Crippen LogP contribution in [0.2, 0.25) is 0 Å². The van der Waals surface area contributed by atoms with Gasteiger partial charge in [-0.3, -0.25) is 14.8 Å². The van der Waals surface area contributed by atoms with Crippen LogP contribution in [0.1, 0.15) is 12.5 Å². The minimum atomic E-state index is -0.201. The highest BCUT2D eigenvalue weighted by atomic mass is 32.2. The van der Waals surface area contributed by atoms with E-state index in [2.05, 4.69) is 44.3 Å². The molecule has 0 unspecified atom stereocenters. The molecule has 1 aliphatic rings. The van der Waals surface area contributed by atoms with Gasteiger partial charge in [0, 0.05) is 32.7 Å². The van der Waals surface area contributed by atoms with Crippen LogP contribution in [0, 0.1) is 0 Å². The molecule has 0 radical (unpaired) electrons. The van der Waals surface area contributed by atoms with Crippen LogP contribution in [0.5, 0.6) is 0 Å². The van der Waals surface area contributed by atoms with Gasteiger partial charge >= 0.3 is 0 Å². The number of amides is 1. The number of carbonyl (C=O) groups excluding carboxylic acids is 1. The van der Waals surface area contributed by atoms with Crippen LogP contribution in [0.4, 0.5) is 0 Å². The molecular weight excluding hydrogens is 390 g/mol. The monoisotopic (exact) mass is 413 g/mol. The molecule has 146 valence electrons. The number of aromatic amines is 1. The van der Waals surface area contributed by atoms with E-state index in [1.165, 1.54) is 17.3 Å². The Hall–Kier alpha value is -2.16. The van der Waals surface area contributed by atoms with Crippen LogP contribution in [-0.2, 0) is 11.3 Å². The minimum Gasteiger partial charge on any atom is -0.339 e. The Labute approximate surface area is 173 Å². The summed E-state index contributed by atoms with van der Waals surface area (Å²) in [6, 6.07) is 14.5. The van der Waals surface area contributed by atoms with E-state index < -0.39 is 0 Å². The Kier molecular flexibility index (Phi) is 6.09. The zero-order valence-electron chi connectivity index (χ0n) is 15.7. The van der Waals surface area contributed by atoms with E-state index in [1.807, 2.05) is 35.4 Å². The lowest BCUT2D eigenvalue weighted by Gasteiger charge is -2.35. The van der Waals surface area contributed by atoms with E-state index in [4.69, 9.17) is 0 Å². The highest BCUT2D eigenvalue weighted by molar-refractivity contribution is 8.00. The fourth-order valence-electron chi connectivity index (χ4n) is 3.26. The quantitative estimate of drug-likeness (QED) is 0.628. The predicted molar refractivity (Wildman–Crippen MR) is 113 cm³/mol. The first-order valence-electron chi connectivity index (χ1n) is 9.37. The standard InChI is InChI=1S/C20H23N5OS2/c1-15(28-20-21-18(22-23-20)17-8-5-13-27-17)19(26)25-11-9-24(10-12-25)14-16-6-3-2-4-7-16/h2-8,13,15H,9-12,14H2,1H3,(H,21,22,23)/t15-/m1/s1. The van der Waals surface area contributed by atoms with E-state index in [9.17, 15) is 4.79 Å². The van der Waals surface area contributed by atoms with Gasteiger partial charge in [0.1, 0.15) is 0 Å². The molecule has 3 heterocycles. The molecule has 0 aliphatic carbocycles. The zero-order valence-corrected chi connectivity index (χ0v) is 17.4. The van der Waals surface area contributed by atoms with Crippen molar-refractivity contribution in [2.24, 2.45) is 0 Å². The van der Waals surface area contributed by atoms with Crippen molar-refractivity contribution in [3.8, 4) is 10.7 Å². The maximum Gasteiger partial charge on any atom is 0.235 e. The second-order valence-electron chi connectivity index (χ2n) is 6.79. The molecule has 1 aromatic carbocycles. The number of H-pyrrole nitrogens is 1. The molecular formula is C20H23N5OS2. The molecule has 0 spiro atoms. The minimum absolute atomic E-state index is 0.159. The van der Waals surface area contributed by atoms with Crippen LogP contribution < -0.4 is 0 Å². The van der Waals surface area contributed by atoms with Gasteiger partial charge in [0.05, 0.1) is 10.1 Å². The molecule has 0 bridgehead atoms. The molecule has 28 heavy (non-hydrogen) atoms. The van der Waals surface area contributed by atoms with Crippen LogP contribution in [0.3, 0.4) is 0 Å². The summed E-state index contributed by atoms with van der Waals surface area (Å²) in [7, 11) is 0. The lowest BCUT2D eigenvalue weighted by atomic mass is 10.2. The molecule has 1 aliphatic heterocycles. The van der Waals surface area contributed by atoms with Gasteiger partial charge in [0.2, 0.25) is 11.1 Å². The Morgan fingerprint density at radius 1 is 1.18 bits per heavy atom. The number of aromatic nitrogens is 3. The molecule has 4 rings (SSSR count). The number of nitrogens with one attached hydrogen (secondary N) is 1. The first kappa shape index (κ1) is 19.2. The van der Waals surface area contributed by atoms with Crippen LogP contribution in [0.25, 0.3) is 10.7 Å². The van der Waals surface area contributed by atoms with Gasteiger partial charge < -0.3 is 4.90 Å². The first-order valence-corrected chi connectivity index (χ1v) is 11.1. The lowest BCUT2D eigenvalue weighted by molar-refractivity contribution is -0.132. The fourth-order valence-corrected chi connectivity index (χ4v) is 4.73. The van der Waals surface area contributed by atoms with E-state index in [1.54, 1.807) is 11.3 Å². The molecule has 1 atom stereocenters. The largest absolute Gasteiger partial charge is 0.339 e. The number of piperazine rings is 1. The SMILES string of the molecule is C[C@@H](Sc1n[nH]c(-c2cccs2)n1)C(=O)N1CCN(Cc2ccccc2)CC1. The molecule has 0 saturated carbocycles. The van der Waals surface area contributed by atoms with Gasteiger partial charge in [-0.1, -0.05) is 48.2 Å². The molecule has 2 aromatic heterocycles. The van der Waals surface area contributed by atoms with Crippen molar-refractivity contribution in [3.63, 3.8) is 0 Å². The van der Waals surface area contributed by atoms with Gasteiger partial charge in [-0.25, -0.2) is 4.98 Å². The fraction of sp³-hybridized carbons (Fsp3) is 0.350. The van der Waals surface area contributed by atoms with Gasteiger partial charge in [-0.15, -0.1) is 16.4 Å². The van der Waals surface area contributed by atoms with Gasteiger partial charge in [-0.05, 0) is 23.9 Å². The second-order valence-corrected chi connectivity index (χ2v) is 9.05. The van der Waals surface area contributed by atoms with E-state index in [0.717, 1.165) is 43.4 Å². The summed E-state index contributed by atoms with van der Waals surface area (Å²) in [5.74, 6) is 0.915. The average molecular weight is 414 g/mol. The summed E-state index contributed by atoms with van der Waals surface area (Å²) in [5, 5.41) is 9.64. The topological polar surface area (TPSA) is 65.1 Å². The summed E-state index contributed by atoms with van der Waals surface area (Å²) >= 11 is 3.03. The van der Waals surface area contributed by atoms with Crippen molar-refractivity contribution in [2.75, 3.05) is 26.2 Å². The molecule has 8 heteroatoms. The summed E-state index contributed by atoms with van der Waals surface area (Å²) in [5.41, 5.74) is 1.32. The number of hydrogen-bond acceptors (Lipinski definition) is 6. The molecule has 3 aromatic rings. The molecule has 1 saturated heterocycles. The van der Waals surface area contributed by atoms with Gasteiger partial charge in [0.15, 0.2) is 5.82 Å². The molecule has 6 nitrogen and oxygen atoms in total. The van der Waals surface area contributed by atoms with Crippen molar-refractivity contribution in [3.05, 3.63) is 53.4 Å². The predicted octanol–water partition coefficient (Wildman–Crippen LogP) is 3.36. The Balaban J connectivity index is 1.28. The van der Waals surface area contributed by atoms with Gasteiger partial charge in [-0.2, -0.15) is 0 Å².